The van der Waals surface area contributed by atoms with E-state index in [0.717, 1.165) is 25.7 Å². The van der Waals surface area contributed by atoms with E-state index in [0.29, 0.717) is 37.2 Å². The number of hydrogen-bond donors (Lipinski definition) is 12. The summed E-state index contributed by atoms with van der Waals surface area (Å²) in [7, 11) is 1.50. The smallest absolute Gasteiger partial charge is 0.242 e. The van der Waals surface area contributed by atoms with E-state index in [9.17, 15) is 28.8 Å². The van der Waals surface area contributed by atoms with Crippen molar-refractivity contribution in [3.63, 3.8) is 0 Å². The Bertz CT molecular complexity index is 1850. The van der Waals surface area contributed by atoms with Crippen LogP contribution in [0.4, 0.5) is 0 Å². The zero-order valence-corrected chi connectivity index (χ0v) is 40.1. The Hall–Kier alpha value is -7.16. The van der Waals surface area contributed by atoms with Crippen molar-refractivity contribution in [1.82, 2.24) is 30.2 Å². The maximum absolute atomic E-state index is 14.5. The summed E-state index contributed by atoms with van der Waals surface area (Å²) in [6.07, 6.45) is 4.86. The van der Waals surface area contributed by atoms with Crippen LogP contribution in [0.1, 0.15) is 63.4 Å². The molecule has 0 aliphatic rings. The molecule has 1 aromatic carbocycles. The summed E-state index contributed by atoms with van der Waals surface area (Å²) in [5, 5.41) is 5.70. The molecule has 0 aromatic heterocycles. The van der Waals surface area contributed by atoms with Gasteiger partial charge < -0.3 is 92.3 Å². The third-order valence-electron chi connectivity index (χ3n) is 10.1. The minimum Gasteiger partial charge on any atom is -0.497 e. The molecule has 22 N–H and O–H groups in total. The molecule has 0 heterocycles. The van der Waals surface area contributed by atoms with E-state index >= 15 is 0 Å². The number of ether oxygens (including phenoxy) is 1. The number of amides is 6. The van der Waals surface area contributed by atoms with E-state index < -0.39 is 61.8 Å². The van der Waals surface area contributed by atoms with Crippen LogP contribution in [0.2, 0.25) is 0 Å². The molecule has 0 radical (unpaired) electrons. The van der Waals surface area contributed by atoms with Crippen LogP contribution in [0.15, 0.2) is 44.2 Å². The molecule has 0 bridgehead atoms. The molecule has 0 aliphatic carbocycles. The number of hydrogen-bond acceptors (Lipinski definition) is 13. The number of nitrogens with one attached hydrogen (secondary N) is 2. The topological polar surface area (TPSA) is 458 Å². The second-order valence-electron chi connectivity index (χ2n) is 15.9. The van der Waals surface area contributed by atoms with E-state index in [1.165, 1.54) is 26.7 Å². The molecule has 0 saturated carbocycles. The summed E-state index contributed by atoms with van der Waals surface area (Å²) < 4.78 is 5.30. The molecule has 6 amide bonds. The monoisotopic (exact) mass is 975 g/mol. The zero-order valence-electron chi connectivity index (χ0n) is 40.1. The summed E-state index contributed by atoms with van der Waals surface area (Å²) in [6, 6.07) is 5.67. The van der Waals surface area contributed by atoms with Gasteiger partial charge in [-0.15, -0.1) is 0 Å². The van der Waals surface area contributed by atoms with Gasteiger partial charge in [-0.3, -0.25) is 48.7 Å². The first-order valence-electron chi connectivity index (χ1n) is 22.8. The Balaban J connectivity index is 3.55. The average Bonchev–Trinajstić information content (AvgIpc) is 3.29. The minimum absolute atomic E-state index is 0.00711. The van der Waals surface area contributed by atoms with Crippen LogP contribution in [0, 0.1) is 0 Å². The molecule has 1 rings (SSSR count). The van der Waals surface area contributed by atoms with E-state index in [-0.39, 0.29) is 108 Å². The maximum Gasteiger partial charge on any atom is 0.242 e. The number of unbranched alkanes of at least 4 members (excludes halogenated alkanes) is 3. The average molecular weight is 975 g/mol. The van der Waals surface area contributed by atoms with Gasteiger partial charge in [0.25, 0.3) is 0 Å². The lowest BCUT2D eigenvalue weighted by atomic mass is 10.1. The minimum atomic E-state index is -1.11. The molecular weight excluding hydrogens is 897 g/mol. The van der Waals surface area contributed by atoms with Gasteiger partial charge in [0.2, 0.25) is 35.4 Å². The van der Waals surface area contributed by atoms with Crippen molar-refractivity contribution in [3.8, 4) is 5.75 Å². The summed E-state index contributed by atoms with van der Waals surface area (Å²) in [6.45, 7) is -0.288. The third kappa shape index (κ3) is 28.6. The highest BCUT2D eigenvalue weighted by Crippen LogP contribution is 2.15. The fraction of sp³-hybridized carbons (Fsp3) is 0.619. The van der Waals surface area contributed by atoms with Crippen LogP contribution in [-0.2, 0) is 35.3 Å². The van der Waals surface area contributed by atoms with Crippen molar-refractivity contribution < 1.29 is 33.5 Å². The molecule has 1 atom stereocenters. The summed E-state index contributed by atoms with van der Waals surface area (Å²) in [5.41, 5.74) is 55.6. The molecule has 27 heteroatoms. The molecule has 27 nitrogen and oxygen atoms in total. The van der Waals surface area contributed by atoms with Crippen molar-refractivity contribution in [2.45, 2.75) is 70.4 Å². The highest BCUT2D eigenvalue weighted by molar-refractivity contribution is 5.92. The lowest BCUT2D eigenvalue weighted by molar-refractivity contribution is -0.147. The van der Waals surface area contributed by atoms with Gasteiger partial charge in [-0.25, -0.2) is 0 Å². The number of carbonyl (C=O) groups excluding carboxylic acids is 6. The summed E-state index contributed by atoms with van der Waals surface area (Å²) in [4.78, 5) is 103. The van der Waals surface area contributed by atoms with Gasteiger partial charge in [0.05, 0.1) is 33.3 Å². The van der Waals surface area contributed by atoms with Gasteiger partial charge in [-0.05, 0) is 75.7 Å². The number of benzene rings is 1. The lowest BCUT2D eigenvalue weighted by Gasteiger charge is -2.31. The molecule has 0 saturated heterocycles. The predicted octanol–water partition coefficient (Wildman–Crippen LogP) is -5.37. The Morgan fingerprint density at radius 2 is 0.986 bits per heavy atom. The van der Waals surface area contributed by atoms with E-state index in [1.807, 2.05) is 0 Å². The first-order chi connectivity index (χ1) is 32.9. The fourth-order valence-corrected chi connectivity index (χ4v) is 6.52. The van der Waals surface area contributed by atoms with Gasteiger partial charge in [0.15, 0.2) is 23.8 Å². The van der Waals surface area contributed by atoms with Crippen molar-refractivity contribution in [2.24, 2.45) is 77.3 Å². The molecule has 0 unspecified atom stereocenters. The molecule has 388 valence electrons. The van der Waals surface area contributed by atoms with Gasteiger partial charge in [-0.2, -0.15) is 0 Å². The number of nitrogens with zero attached hydrogens (tertiary/aromatic N) is 8. The quantitative estimate of drug-likeness (QED) is 0.0168. The fourth-order valence-electron chi connectivity index (χ4n) is 6.52. The van der Waals surface area contributed by atoms with Crippen LogP contribution in [0.5, 0.6) is 5.75 Å². The Morgan fingerprint density at radius 1 is 0.551 bits per heavy atom. The van der Waals surface area contributed by atoms with Gasteiger partial charge in [0.1, 0.15) is 18.3 Å². The summed E-state index contributed by atoms with van der Waals surface area (Å²) in [5.74, 6) is -3.80. The maximum atomic E-state index is 14.5. The van der Waals surface area contributed by atoms with Crippen molar-refractivity contribution in [3.05, 3.63) is 29.8 Å². The van der Waals surface area contributed by atoms with Gasteiger partial charge in [0, 0.05) is 52.4 Å². The standard InChI is InChI=1S/C42H78N20O7/c1-69-31-13-11-30(12-14-31)25-62(29-36(66)59(21-7-18-55-40(47)48)26-33(63)58-32(38(44)68)10-6-17-54-39(45)46)37(67)28-61(23-9-20-57-42(51)52)35(65)27-60(22-8-19-56-41(49)50)34(64)24-53-16-5-3-2-4-15-43/h11-14,32,53H,2-10,15-29,43H2,1H3,(H2,44,68)(H,58,63)(H4,45,46,54)(H4,47,48,55)(H4,49,50,56)(H4,51,52,57)/t32-/m1/s1. The molecule has 69 heavy (non-hydrogen) atoms. The van der Waals surface area contributed by atoms with E-state index in [2.05, 4.69) is 30.6 Å². The normalized spacial score (nSPS) is 11.0. The SMILES string of the molecule is COc1ccc(CN(CC(=O)N(CCCN=C(N)N)CC(=O)N[C@H](CCCN=C(N)N)C(N)=O)C(=O)CN(CCCN=C(N)N)C(=O)CN(CCCN=C(N)N)C(=O)CNCCCCCCN)cc1. The van der Waals surface area contributed by atoms with Crippen molar-refractivity contribution >= 4 is 59.3 Å². The number of carbonyl (C=O) groups is 6. The third-order valence-corrected chi connectivity index (χ3v) is 10.1. The van der Waals surface area contributed by atoms with E-state index in [4.69, 9.17) is 62.1 Å². The second-order valence-corrected chi connectivity index (χ2v) is 15.9. The predicted molar refractivity (Wildman–Crippen MR) is 265 cm³/mol. The van der Waals surface area contributed by atoms with Crippen LogP contribution in [-0.4, -0.2) is 184 Å². The number of primary amides is 1. The molecule has 1 aromatic rings. The van der Waals surface area contributed by atoms with Crippen LogP contribution < -0.4 is 72.7 Å². The van der Waals surface area contributed by atoms with Gasteiger partial charge >= 0.3 is 0 Å². The first kappa shape index (κ1) is 59.9. The summed E-state index contributed by atoms with van der Waals surface area (Å²) >= 11 is 0. The molecular formula is C42H78N20O7. The number of methoxy groups -OCH3 is 1. The Morgan fingerprint density at radius 3 is 1.45 bits per heavy atom. The van der Waals surface area contributed by atoms with Crippen LogP contribution in [0.25, 0.3) is 0 Å². The zero-order chi connectivity index (χ0) is 51.6. The largest absolute Gasteiger partial charge is 0.497 e. The van der Waals surface area contributed by atoms with Gasteiger partial charge in [-0.1, -0.05) is 25.0 Å². The molecule has 0 aliphatic heterocycles. The van der Waals surface area contributed by atoms with E-state index in [1.54, 1.807) is 24.3 Å². The molecule has 0 spiro atoms. The van der Waals surface area contributed by atoms with Crippen LogP contribution >= 0.6 is 0 Å². The molecule has 0 fully saturated rings. The number of nitrogens with two attached hydrogens (primary N) is 10. The number of aliphatic imine (C=N–C) groups is 4. The Kier molecular flexibility index (Phi) is 30.4. The number of guanidine groups is 4. The highest BCUT2D eigenvalue weighted by Gasteiger charge is 2.28. The van der Waals surface area contributed by atoms with Crippen LogP contribution in [0.3, 0.4) is 0 Å². The second kappa shape index (κ2) is 35.0. The highest BCUT2D eigenvalue weighted by atomic mass is 16.5. The number of rotatable bonds is 37. The lowest BCUT2D eigenvalue weighted by Crippen LogP contribution is -2.52. The first-order valence-corrected chi connectivity index (χ1v) is 22.8. The van der Waals surface area contributed by atoms with Crippen molar-refractivity contribution in [2.75, 3.05) is 98.7 Å². The Labute approximate surface area is 404 Å². The van der Waals surface area contributed by atoms with Crippen molar-refractivity contribution in [1.29, 1.82) is 0 Å².